The van der Waals surface area contributed by atoms with Gasteiger partial charge in [-0.2, -0.15) is 0 Å². The zero-order valence-electron chi connectivity index (χ0n) is 15.6. The van der Waals surface area contributed by atoms with E-state index < -0.39 is 0 Å². The van der Waals surface area contributed by atoms with Gasteiger partial charge in [0.2, 0.25) is 5.91 Å². The second-order valence-electron chi connectivity index (χ2n) is 7.51. The van der Waals surface area contributed by atoms with Crippen molar-refractivity contribution in [3.8, 4) is 11.4 Å². The van der Waals surface area contributed by atoms with Crippen LogP contribution in [-0.2, 0) is 17.8 Å². The third kappa shape index (κ3) is 3.54. The minimum atomic E-state index is -0.0221. The van der Waals surface area contributed by atoms with Gasteiger partial charge in [0.05, 0.1) is 24.0 Å². The molecule has 1 aromatic heterocycles. The third-order valence-electron chi connectivity index (χ3n) is 5.74. The number of hydrogen-bond donors (Lipinski definition) is 1. The van der Waals surface area contributed by atoms with Crippen molar-refractivity contribution in [3.63, 3.8) is 0 Å². The molecule has 138 valence electrons. The summed E-state index contributed by atoms with van der Waals surface area (Å²) in [6.07, 6.45) is 5.84. The minimum absolute atomic E-state index is 0.0221. The summed E-state index contributed by atoms with van der Waals surface area (Å²) in [5.74, 6) is 1.17. The van der Waals surface area contributed by atoms with E-state index in [2.05, 4.69) is 28.9 Å². The van der Waals surface area contributed by atoms with E-state index >= 15 is 0 Å². The fourth-order valence-corrected chi connectivity index (χ4v) is 4.12. The molecule has 1 amide bonds. The first-order chi connectivity index (χ1) is 12.7. The maximum atomic E-state index is 13.0. The normalized spacial score (nSPS) is 19.7. The molecule has 1 N–H and O–H groups in total. The number of benzene rings is 1. The number of rotatable bonds is 3. The van der Waals surface area contributed by atoms with Gasteiger partial charge in [-0.05, 0) is 32.9 Å². The van der Waals surface area contributed by atoms with Crippen LogP contribution in [0.5, 0.6) is 0 Å². The van der Waals surface area contributed by atoms with E-state index in [1.54, 1.807) is 0 Å². The molecule has 5 nitrogen and oxygen atoms in total. The fourth-order valence-electron chi connectivity index (χ4n) is 4.12. The van der Waals surface area contributed by atoms with E-state index in [-0.39, 0.29) is 11.9 Å². The summed E-state index contributed by atoms with van der Waals surface area (Å²) in [7, 11) is 0. The summed E-state index contributed by atoms with van der Waals surface area (Å²) in [6.45, 7) is 5.59. The van der Waals surface area contributed by atoms with Gasteiger partial charge in [-0.3, -0.25) is 9.69 Å². The molecule has 0 saturated carbocycles. The number of aromatic amines is 1. The molecule has 0 spiro atoms. The first-order valence-corrected chi connectivity index (χ1v) is 9.88. The summed E-state index contributed by atoms with van der Waals surface area (Å²) in [6, 6.07) is 10.2. The number of likely N-dealkylation sites (tertiary alicyclic amines) is 1. The lowest BCUT2D eigenvalue weighted by atomic mass is 10.1. The quantitative estimate of drug-likeness (QED) is 0.923. The van der Waals surface area contributed by atoms with E-state index in [4.69, 9.17) is 4.98 Å². The van der Waals surface area contributed by atoms with Crippen molar-refractivity contribution in [3.05, 3.63) is 41.7 Å². The van der Waals surface area contributed by atoms with Gasteiger partial charge in [0.25, 0.3) is 0 Å². The van der Waals surface area contributed by atoms with Crippen LogP contribution in [0.25, 0.3) is 11.4 Å². The van der Waals surface area contributed by atoms with Crippen LogP contribution in [-0.4, -0.2) is 51.4 Å². The monoisotopic (exact) mass is 352 g/mol. The number of fused-ring (bicyclic) bond motifs is 1. The van der Waals surface area contributed by atoms with E-state index in [1.807, 2.05) is 23.1 Å². The number of amides is 1. The van der Waals surface area contributed by atoms with Crippen LogP contribution < -0.4 is 0 Å². The zero-order valence-corrected chi connectivity index (χ0v) is 15.6. The highest BCUT2D eigenvalue weighted by molar-refractivity contribution is 5.81. The molecule has 0 aliphatic carbocycles. The first-order valence-electron chi connectivity index (χ1n) is 9.88. The van der Waals surface area contributed by atoms with Crippen LogP contribution in [0.15, 0.2) is 30.3 Å². The van der Waals surface area contributed by atoms with E-state index in [9.17, 15) is 4.79 Å². The Morgan fingerprint density at radius 1 is 1.08 bits per heavy atom. The molecule has 1 aromatic carbocycles. The van der Waals surface area contributed by atoms with E-state index in [1.165, 1.54) is 25.7 Å². The lowest BCUT2D eigenvalue weighted by Crippen LogP contribution is -2.48. The number of carbonyl (C=O) groups excluding carboxylic acids is 1. The number of nitrogens with zero attached hydrogens (tertiary/aromatic N) is 3. The minimum Gasteiger partial charge on any atom is -0.340 e. The largest absolute Gasteiger partial charge is 0.340 e. The van der Waals surface area contributed by atoms with Gasteiger partial charge in [0.15, 0.2) is 0 Å². The van der Waals surface area contributed by atoms with E-state index in [0.717, 1.165) is 48.8 Å². The smallest absolute Gasteiger partial charge is 0.240 e. The number of imidazole rings is 1. The van der Waals surface area contributed by atoms with E-state index in [0.29, 0.717) is 6.54 Å². The van der Waals surface area contributed by atoms with Gasteiger partial charge in [-0.15, -0.1) is 0 Å². The summed E-state index contributed by atoms with van der Waals surface area (Å²) < 4.78 is 0. The standard InChI is InChI=1S/C21H28N4O/c1-16(24-12-7-2-3-8-13-24)21(26)25-14-11-18-19(15-25)23-20(22-18)17-9-5-4-6-10-17/h4-6,9-10,16H,2-3,7-8,11-15H2,1H3,(H,22,23). The van der Waals surface area contributed by atoms with Gasteiger partial charge in [0, 0.05) is 18.5 Å². The molecule has 2 aliphatic heterocycles. The molecule has 0 bridgehead atoms. The highest BCUT2D eigenvalue weighted by Crippen LogP contribution is 2.24. The van der Waals surface area contributed by atoms with Gasteiger partial charge in [0.1, 0.15) is 5.82 Å². The second-order valence-corrected chi connectivity index (χ2v) is 7.51. The Kier molecular flexibility index (Phi) is 5.07. The lowest BCUT2D eigenvalue weighted by molar-refractivity contribution is -0.137. The SMILES string of the molecule is CC(C(=O)N1CCc2nc(-c3ccccc3)[nH]c2C1)N1CCCCCC1. The third-order valence-corrected chi connectivity index (χ3v) is 5.74. The van der Waals surface area contributed by atoms with Crippen LogP contribution in [0.3, 0.4) is 0 Å². The molecule has 4 rings (SSSR count). The van der Waals surface area contributed by atoms with Crippen molar-refractivity contribution < 1.29 is 4.79 Å². The molecule has 3 heterocycles. The summed E-state index contributed by atoms with van der Waals surface area (Å²) in [5.41, 5.74) is 3.29. The van der Waals surface area contributed by atoms with Crippen molar-refractivity contribution in [2.75, 3.05) is 19.6 Å². The van der Waals surface area contributed by atoms with Crippen LogP contribution >= 0.6 is 0 Å². The lowest BCUT2D eigenvalue weighted by Gasteiger charge is -2.33. The van der Waals surface area contributed by atoms with Crippen molar-refractivity contribution in [2.45, 2.75) is 51.6 Å². The molecule has 1 unspecified atom stereocenters. The molecule has 1 saturated heterocycles. The molecule has 1 atom stereocenters. The molecule has 2 aromatic rings. The number of carbonyl (C=O) groups is 1. The Bertz CT molecular complexity index is 747. The molecule has 2 aliphatic rings. The molecule has 1 fully saturated rings. The molecular weight excluding hydrogens is 324 g/mol. The highest BCUT2D eigenvalue weighted by Gasteiger charge is 2.30. The molecule has 5 heteroatoms. The summed E-state index contributed by atoms with van der Waals surface area (Å²) in [5, 5.41) is 0. The highest BCUT2D eigenvalue weighted by atomic mass is 16.2. The molecule has 0 radical (unpaired) electrons. The van der Waals surface area contributed by atoms with Crippen LogP contribution in [0.2, 0.25) is 0 Å². The first kappa shape index (κ1) is 17.3. The Hall–Kier alpha value is -2.14. The fraction of sp³-hybridized carbons (Fsp3) is 0.524. The van der Waals surface area contributed by atoms with Crippen molar-refractivity contribution in [2.24, 2.45) is 0 Å². The number of nitrogens with one attached hydrogen (secondary N) is 1. The average Bonchev–Trinajstić information content (AvgIpc) is 2.92. The van der Waals surface area contributed by atoms with Crippen molar-refractivity contribution in [1.82, 2.24) is 19.8 Å². The molecule has 26 heavy (non-hydrogen) atoms. The second kappa shape index (κ2) is 7.62. The average molecular weight is 352 g/mol. The maximum Gasteiger partial charge on any atom is 0.240 e. The predicted octanol–water partition coefficient (Wildman–Crippen LogP) is 3.23. The maximum absolute atomic E-state index is 13.0. The van der Waals surface area contributed by atoms with Crippen molar-refractivity contribution >= 4 is 5.91 Å². The number of aromatic nitrogens is 2. The Morgan fingerprint density at radius 2 is 1.81 bits per heavy atom. The molecular formula is C21H28N4O. The van der Waals surface area contributed by atoms with Crippen LogP contribution in [0, 0.1) is 0 Å². The van der Waals surface area contributed by atoms with Gasteiger partial charge < -0.3 is 9.88 Å². The van der Waals surface area contributed by atoms with Gasteiger partial charge in [-0.25, -0.2) is 4.98 Å². The zero-order chi connectivity index (χ0) is 17.9. The van der Waals surface area contributed by atoms with Gasteiger partial charge in [-0.1, -0.05) is 43.2 Å². The number of H-pyrrole nitrogens is 1. The Balaban J connectivity index is 1.46. The van der Waals surface area contributed by atoms with Crippen LogP contribution in [0.4, 0.5) is 0 Å². The number of hydrogen-bond acceptors (Lipinski definition) is 3. The summed E-state index contributed by atoms with van der Waals surface area (Å²) in [4.78, 5) is 25.6. The Morgan fingerprint density at radius 3 is 2.54 bits per heavy atom. The van der Waals surface area contributed by atoms with Gasteiger partial charge >= 0.3 is 0 Å². The topological polar surface area (TPSA) is 52.2 Å². The Labute approximate surface area is 155 Å². The predicted molar refractivity (Wildman–Crippen MR) is 103 cm³/mol. The van der Waals surface area contributed by atoms with Crippen molar-refractivity contribution in [1.29, 1.82) is 0 Å². The summed E-state index contributed by atoms with van der Waals surface area (Å²) >= 11 is 0. The van der Waals surface area contributed by atoms with Crippen LogP contribution in [0.1, 0.15) is 44.0 Å².